The van der Waals surface area contributed by atoms with Gasteiger partial charge in [-0.1, -0.05) is 6.08 Å². The third-order valence-electron chi connectivity index (χ3n) is 3.81. The number of hydrogen-bond acceptors (Lipinski definition) is 2. The first kappa shape index (κ1) is 14.5. The second-order valence-electron chi connectivity index (χ2n) is 4.95. The molecule has 0 spiro atoms. The number of carbonyl (C=O) groups is 1. The molecule has 2 fully saturated rings. The minimum absolute atomic E-state index is 0. The molecular formula is C13H23ClN2O. The number of nitrogens with one attached hydrogen (secondary N) is 1. The summed E-state index contributed by atoms with van der Waals surface area (Å²) in [5.41, 5.74) is 0. The molecule has 98 valence electrons. The molecule has 1 amide bonds. The molecule has 1 unspecified atom stereocenters. The first-order valence-electron chi connectivity index (χ1n) is 6.43. The van der Waals surface area contributed by atoms with Crippen LogP contribution in [0.1, 0.15) is 32.1 Å². The molecule has 17 heavy (non-hydrogen) atoms. The lowest BCUT2D eigenvalue weighted by atomic mass is 9.96. The molecule has 0 aliphatic carbocycles. The Morgan fingerprint density at radius 3 is 2.59 bits per heavy atom. The van der Waals surface area contributed by atoms with Crippen LogP contribution in [-0.2, 0) is 4.79 Å². The van der Waals surface area contributed by atoms with E-state index in [2.05, 4.69) is 11.9 Å². The Labute approximate surface area is 110 Å². The normalized spacial score (nSPS) is 25.4. The molecule has 1 N–H and O–H groups in total. The number of nitrogens with zero attached hydrogens (tertiary/aromatic N) is 1. The van der Waals surface area contributed by atoms with Crippen LogP contribution in [0.15, 0.2) is 12.7 Å². The zero-order valence-corrected chi connectivity index (χ0v) is 11.2. The van der Waals surface area contributed by atoms with Crippen LogP contribution in [0.2, 0.25) is 0 Å². The maximum absolute atomic E-state index is 12.0. The van der Waals surface area contributed by atoms with Crippen LogP contribution in [0.3, 0.4) is 0 Å². The van der Waals surface area contributed by atoms with Crippen LogP contribution in [0, 0.1) is 5.92 Å². The maximum Gasteiger partial charge on any atom is 0.224 e. The molecule has 2 rings (SSSR count). The van der Waals surface area contributed by atoms with E-state index in [1.54, 1.807) is 0 Å². The molecule has 2 saturated heterocycles. The molecular weight excluding hydrogens is 236 g/mol. The Hall–Kier alpha value is -0.540. The van der Waals surface area contributed by atoms with Crippen molar-refractivity contribution in [2.24, 2.45) is 5.92 Å². The van der Waals surface area contributed by atoms with Crippen LogP contribution in [0.5, 0.6) is 0 Å². The summed E-state index contributed by atoms with van der Waals surface area (Å²) < 4.78 is 0. The molecule has 2 heterocycles. The molecule has 4 heteroatoms. The van der Waals surface area contributed by atoms with Crippen molar-refractivity contribution in [3.63, 3.8) is 0 Å². The highest BCUT2D eigenvalue weighted by atomic mass is 35.5. The van der Waals surface area contributed by atoms with Crippen molar-refractivity contribution in [1.29, 1.82) is 0 Å². The quantitative estimate of drug-likeness (QED) is 0.785. The average molecular weight is 259 g/mol. The highest BCUT2D eigenvalue weighted by Gasteiger charge is 2.24. The summed E-state index contributed by atoms with van der Waals surface area (Å²) in [6.45, 7) is 6.74. The third-order valence-corrected chi connectivity index (χ3v) is 3.81. The molecule has 0 aromatic heterocycles. The number of allylic oxidation sites excluding steroid dienone is 1. The topological polar surface area (TPSA) is 32.3 Å². The lowest BCUT2D eigenvalue weighted by molar-refractivity contribution is -0.132. The number of piperidine rings is 1. The average Bonchev–Trinajstić information content (AvgIpc) is 2.82. The fourth-order valence-corrected chi connectivity index (χ4v) is 2.66. The number of likely N-dealkylation sites (tertiary alicyclic amines) is 1. The molecule has 2 aliphatic rings. The first-order chi connectivity index (χ1) is 7.79. The van der Waals surface area contributed by atoms with Gasteiger partial charge in [0, 0.05) is 25.6 Å². The largest absolute Gasteiger partial charge is 0.343 e. The van der Waals surface area contributed by atoms with Crippen molar-refractivity contribution in [3.8, 4) is 0 Å². The van der Waals surface area contributed by atoms with Gasteiger partial charge in [-0.05, 0) is 38.1 Å². The zero-order chi connectivity index (χ0) is 11.4. The van der Waals surface area contributed by atoms with Gasteiger partial charge in [-0.3, -0.25) is 4.79 Å². The van der Waals surface area contributed by atoms with Crippen molar-refractivity contribution < 1.29 is 4.79 Å². The molecule has 0 saturated carbocycles. The SMILES string of the molecule is C=CC1CCN(C(=O)CC2CCCN2)CC1.Cl. The van der Waals surface area contributed by atoms with Crippen LogP contribution in [0.4, 0.5) is 0 Å². The molecule has 0 radical (unpaired) electrons. The van der Waals surface area contributed by atoms with E-state index in [-0.39, 0.29) is 12.4 Å². The minimum Gasteiger partial charge on any atom is -0.343 e. The van der Waals surface area contributed by atoms with Crippen LogP contribution in [0.25, 0.3) is 0 Å². The van der Waals surface area contributed by atoms with Crippen molar-refractivity contribution in [2.45, 2.75) is 38.1 Å². The Morgan fingerprint density at radius 2 is 2.06 bits per heavy atom. The molecule has 0 aromatic rings. The number of hydrogen-bond donors (Lipinski definition) is 1. The van der Waals surface area contributed by atoms with Gasteiger partial charge in [0.2, 0.25) is 5.91 Å². The van der Waals surface area contributed by atoms with Crippen molar-refractivity contribution >= 4 is 18.3 Å². The van der Waals surface area contributed by atoms with Crippen LogP contribution in [-0.4, -0.2) is 36.5 Å². The Balaban J connectivity index is 0.00000144. The van der Waals surface area contributed by atoms with Gasteiger partial charge in [0.05, 0.1) is 0 Å². The van der Waals surface area contributed by atoms with E-state index >= 15 is 0 Å². The van der Waals surface area contributed by atoms with Gasteiger partial charge in [-0.15, -0.1) is 19.0 Å². The number of halogens is 1. The summed E-state index contributed by atoms with van der Waals surface area (Å²) in [7, 11) is 0. The highest BCUT2D eigenvalue weighted by molar-refractivity contribution is 5.85. The van der Waals surface area contributed by atoms with Gasteiger partial charge in [0.15, 0.2) is 0 Å². The summed E-state index contributed by atoms with van der Waals surface area (Å²) in [6.07, 6.45) is 7.28. The van der Waals surface area contributed by atoms with Crippen molar-refractivity contribution in [2.75, 3.05) is 19.6 Å². The van der Waals surface area contributed by atoms with Crippen molar-refractivity contribution in [3.05, 3.63) is 12.7 Å². The van der Waals surface area contributed by atoms with Gasteiger partial charge in [-0.2, -0.15) is 0 Å². The van der Waals surface area contributed by atoms with E-state index in [0.29, 0.717) is 24.3 Å². The van der Waals surface area contributed by atoms with Gasteiger partial charge in [0.25, 0.3) is 0 Å². The van der Waals surface area contributed by atoms with E-state index in [1.165, 1.54) is 6.42 Å². The van der Waals surface area contributed by atoms with E-state index in [9.17, 15) is 4.79 Å². The standard InChI is InChI=1S/C13H22N2O.ClH/c1-2-11-5-8-15(9-6-11)13(16)10-12-4-3-7-14-12;/h2,11-12,14H,1,3-10H2;1H. The second-order valence-corrected chi connectivity index (χ2v) is 4.95. The second kappa shape index (κ2) is 7.02. The van der Waals surface area contributed by atoms with Gasteiger partial charge < -0.3 is 10.2 Å². The van der Waals surface area contributed by atoms with Gasteiger partial charge in [-0.25, -0.2) is 0 Å². The third kappa shape index (κ3) is 4.00. The zero-order valence-electron chi connectivity index (χ0n) is 10.4. The van der Waals surface area contributed by atoms with Crippen LogP contribution >= 0.6 is 12.4 Å². The number of rotatable bonds is 3. The molecule has 0 bridgehead atoms. The summed E-state index contributed by atoms with van der Waals surface area (Å²) >= 11 is 0. The summed E-state index contributed by atoms with van der Waals surface area (Å²) in [6, 6.07) is 0.435. The number of carbonyl (C=O) groups excluding carboxylic acids is 1. The van der Waals surface area contributed by atoms with E-state index in [1.807, 2.05) is 11.0 Å². The lowest BCUT2D eigenvalue weighted by Gasteiger charge is -2.31. The minimum atomic E-state index is 0. The predicted octanol–water partition coefficient (Wildman–Crippen LogP) is 1.97. The first-order valence-corrected chi connectivity index (χ1v) is 6.43. The lowest BCUT2D eigenvalue weighted by Crippen LogP contribution is -2.40. The Bertz CT molecular complexity index is 256. The fraction of sp³-hybridized carbons (Fsp3) is 0.769. The van der Waals surface area contributed by atoms with E-state index < -0.39 is 0 Å². The molecule has 3 nitrogen and oxygen atoms in total. The molecule has 0 aromatic carbocycles. The molecule has 1 atom stereocenters. The Morgan fingerprint density at radius 1 is 1.35 bits per heavy atom. The maximum atomic E-state index is 12.0. The summed E-state index contributed by atoms with van der Waals surface area (Å²) in [5, 5.41) is 3.38. The van der Waals surface area contributed by atoms with Crippen molar-refractivity contribution in [1.82, 2.24) is 10.2 Å². The molecule has 2 aliphatic heterocycles. The monoisotopic (exact) mass is 258 g/mol. The van der Waals surface area contributed by atoms with E-state index in [0.717, 1.165) is 38.9 Å². The number of amides is 1. The van der Waals surface area contributed by atoms with Crippen LogP contribution < -0.4 is 5.32 Å². The fourth-order valence-electron chi connectivity index (χ4n) is 2.66. The summed E-state index contributed by atoms with van der Waals surface area (Å²) in [5.74, 6) is 0.954. The summed E-state index contributed by atoms with van der Waals surface area (Å²) in [4.78, 5) is 14.0. The van der Waals surface area contributed by atoms with Gasteiger partial charge in [0.1, 0.15) is 0 Å². The Kier molecular flexibility index (Phi) is 6.00. The highest BCUT2D eigenvalue weighted by Crippen LogP contribution is 2.19. The smallest absolute Gasteiger partial charge is 0.224 e. The van der Waals surface area contributed by atoms with Gasteiger partial charge >= 0.3 is 0 Å². The predicted molar refractivity (Wildman–Crippen MR) is 72.4 cm³/mol. The van der Waals surface area contributed by atoms with E-state index in [4.69, 9.17) is 0 Å².